The molecule has 1 aliphatic heterocycles. The average molecular weight is 351 g/mol. The molecule has 124 valence electrons. The number of aromatic amines is 1. The SMILES string of the molecule is O=c1[nH]c(O)c(C=C2C=Nc3cnc(OCc4ccccc4)cc32)s1. The Bertz CT molecular complexity index is 1040. The average Bonchev–Trinajstić information content (AvgIpc) is 3.17. The summed E-state index contributed by atoms with van der Waals surface area (Å²) in [6.07, 6.45) is 5.04. The first-order chi connectivity index (χ1) is 12.2. The molecule has 0 unspecified atom stereocenters. The second kappa shape index (κ2) is 6.37. The zero-order chi connectivity index (χ0) is 17.2. The van der Waals surface area contributed by atoms with Crippen LogP contribution in [-0.2, 0) is 6.61 Å². The first-order valence-electron chi connectivity index (χ1n) is 7.54. The van der Waals surface area contributed by atoms with Gasteiger partial charge in [-0.15, -0.1) is 0 Å². The van der Waals surface area contributed by atoms with Crippen molar-refractivity contribution >= 4 is 34.9 Å². The van der Waals surface area contributed by atoms with Crippen LogP contribution in [0.5, 0.6) is 11.8 Å². The van der Waals surface area contributed by atoms with Gasteiger partial charge >= 0.3 is 4.87 Å². The van der Waals surface area contributed by atoms with E-state index >= 15 is 0 Å². The van der Waals surface area contributed by atoms with Crippen molar-refractivity contribution in [2.75, 3.05) is 0 Å². The summed E-state index contributed by atoms with van der Waals surface area (Å²) in [5, 5.41) is 9.73. The number of rotatable bonds is 4. The third-order valence-corrected chi connectivity index (χ3v) is 4.50. The van der Waals surface area contributed by atoms with Crippen LogP contribution in [0.2, 0.25) is 0 Å². The molecule has 0 saturated heterocycles. The molecule has 6 nitrogen and oxygen atoms in total. The summed E-state index contributed by atoms with van der Waals surface area (Å²) in [5.41, 5.74) is 3.41. The van der Waals surface area contributed by atoms with E-state index in [0.717, 1.165) is 33.7 Å². The number of ether oxygens (including phenoxy) is 1. The summed E-state index contributed by atoms with van der Waals surface area (Å²) in [4.78, 5) is 22.4. The van der Waals surface area contributed by atoms with Crippen molar-refractivity contribution in [1.82, 2.24) is 9.97 Å². The largest absolute Gasteiger partial charge is 0.493 e. The summed E-state index contributed by atoms with van der Waals surface area (Å²) in [5.74, 6) is 0.351. The molecule has 0 aliphatic carbocycles. The van der Waals surface area contributed by atoms with Crippen molar-refractivity contribution in [3.8, 4) is 11.8 Å². The minimum absolute atomic E-state index is 0.140. The van der Waals surface area contributed by atoms with Gasteiger partial charge in [-0.2, -0.15) is 0 Å². The summed E-state index contributed by atoms with van der Waals surface area (Å²) in [6, 6.07) is 11.6. The standard InChI is InChI=1S/C18H13N3O3S/c22-17-15(25-18(23)21-17)6-12-8-19-14-9-20-16(7-13(12)14)24-10-11-4-2-1-3-5-11/h1-9,22H,10H2,(H,21,23). The van der Waals surface area contributed by atoms with E-state index in [1.807, 2.05) is 36.4 Å². The highest BCUT2D eigenvalue weighted by Crippen LogP contribution is 2.35. The molecule has 0 spiro atoms. The van der Waals surface area contributed by atoms with Gasteiger partial charge in [0.2, 0.25) is 11.8 Å². The molecular formula is C18H13N3O3S. The van der Waals surface area contributed by atoms with Crippen LogP contribution in [0.15, 0.2) is 52.4 Å². The minimum Gasteiger partial charge on any atom is -0.493 e. The predicted octanol–water partition coefficient (Wildman–Crippen LogP) is 3.37. The van der Waals surface area contributed by atoms with E-state index in [1.165, 1.54) is 0 Å². The number of H-pyrrole nitrogens is 1. The van der Waals surface area contributed by atoms with Crippen LogP contribution in [-0.4, -0.2) is 21.3 Å². The van der Waals surface area contributed by atoms with Gasteiger partial charge in [-0.3, -0.25) is 14.8 Å². The molecule has 0 radical (unpaired) electrons. The highest BCUT2D eigenvalue weighted by molar-refractivity contribution is 7.10. The molecule has 4 rings (SSSR count). The van der Waals surface area contributed by atoms with Gasteiger partial charge in [0.1, 0.15) is 6.61 Å². The normalized spacial score (nSPS) is 14.0. The van der Waals surface area contributed by atoms with Crippen LogP contribution >= 0.6 is 11.3 Å². The van der Waals surface area contributed by atoms with Crippen molar-refractivity contribution in [3.63, 3.8) is 0 Å². The molecule has 0 bridgehead atoms. The van der Waals surface area contributed by atoms with E-state index < -0.39 is 0 Å². The molecular weight excluding hydrogens is 338 g/mol. The number of hydrogen-bond acceptors (Lipinski definition) is 6. The fourth-order valence-electron chi connectivity index (χ4n) is 2.47. The first-order valence-corrected chi connectivity index (χ1v) is 8.36. The van der Waals surface area contributed by atoms with E-state index in [2.05, 4.69) is 15.0 Å². The summed E-state index contributed by atoms with van der Waals surface area (Å²) in [6.45, 7) is 0.423. The molecule has 2 N–H and O–H groups in total. The fraction of sp³-hybridized carbons (Fsp3) is 0.0556. The number of hydrogen-bond donors (Lipinski definition) is 2. The Morgan fingerprint density at radius 2 is 2.12 bits per heavy atom. The van der Waals surface area contributed by atoms with Gasteiger partial charge in [0.15, 0.2) is 0 Å². The third-order valence-electron chi connectivity index (χ3n) is 3.68. The van der Waals surface area contributed by atoms with Gasteiger partial charge in [0, 0.05) is 23.4 Å². The van der Waals surface area contributed by atoms with Gasteiger partial charge in [0.25, 0.3) is 0 Å². The highest BCUT2D eigenvalue weighted by atomic mass is 32.1. The van der Waals surface area contributed by atoms with Crippen LogP contribution in [0, 0.1) is 0 Å². The maximum absolute atomic E-state index is 11.3. The van der Waals surface area contributed by atoms with Crippen molar-refractivity contribution in [3.05, 3.63) is 68.3 Å². The number of aliphatic imine (C=N–C) groups is 1. The van der Waals surface area contributed by atoms with Crippen LogP contribution in [0.4, 0.5) is 5.69 Å². The number of pyridine rings is 1. The number of aromatic nitrogens is 2. The monoisotopic (exact) mass is 351 g/mol. The van der Waals surface area contributed by atoms with Gasteiger partial charge in [-0.1, -0.05) is 41.7 Å². The predicted molar refractivity (Wildman–Crippen MR) is 97.6 cm³/mol. The molecule has 0 atom stereocenters. The maximum Gasteiger partial charge on any atom is 0.307 e. The molecule has 1 aromatic carbocycles. The van der Waals surface area contributed by atoms with Crippen molar-refractivity contribution in [1.29, 1.82) is 0 Å². The number of fused-ring (bicyclic) bond motifs is 1. The van der Waals surface area contributed by atoms with Crippen LogP contribution < -0.4 is 9.61 Å². The topological polar surface area (TPSA) is 87.6 Å². The number of thiazole rings is 1. The second-order valence-corrected chi connectivity index (χ2v) is 6.41. The smallest absolute Gasteiger partial charge is 0.307 e. The first kappa shape index (κ1) is 15.3. The number of aromatic hydroxyl groups is 1. The maximum atomic E-state index is 11.3. The van der Waals surface area contributed by atoms with E-state index in [-0.39, 0.29) is 10.8 Å². The molecule has 1 aliphatic rings. The van der Waals surface area contributed by atoms with Crippen molar-refractivity contribution in [2.24, 2.45) is 4.99 Å². The molecule has 3 heterocycles. The Labute approximate surface area is 146 Å². The summed E-state index contributed by atoms with van der Waals surface area (Å²) < 4.78 is 5.75. The molecule has 7 heteroatoms. The lowest BCUT2D eigenvalue weighted by atomic mass is 10.1. The van der Waals surface area contributed by atoms with Crippen LogP contribution in [0.3, 0.4) is 0 Å². The lowest BCUT2D eigenvalue weighted by Crippen LogP contribution is -1.97. The van der Waals surface area contributed by atoms with E-state index in [1.54, 1.807) is 18.5 Å². The lowest BCUT2D eigenvalue weighted by molar-refractivity contribution is 0.294. The van der Waals surface area contributed by atoms with Gasteiger partial charge in [-0.25, -0.2) is 4.98 Å². The van der Waals surface area contributed by atoms with Crippen molar-refractivity contribution in [2.45, 2.75) is 6.61 Å². The summed E-state index contributed by atoms with van der Waals surface area (Å²) >= 11 is 0.942. The minimum atomic E-state index is -0.305. The Morgan fingerprint density at radius 3 is 2.88 bits per heavy atom. The summed E-state index contributed by atoms with van der Waals surface area (Å²) in [7, 11) is 0. The third kappa shape index (κ3) is 3.22. The van der Waals surface area contributed by atoms with Crippen LogP contribution in [0.1, 0.15) is 16.0 Å². The molecule has 3 aromatic rings. The second-order valence-electron chi connectivity index (χ2n) is 5.40. The highest BCUT2D eigenvalue weighted by Gasteiger charge is 2.16. The fourth-order valence-corrected chi connectivity index (χ4v) is 3.15. The Kier molecular flexibility index (Phi) is 3.91. The van der Waals surface area contributed by atoms with Gasteiger partial charge in [0.05, 0.1) is 16.8 Å². The Hall–Kier alpha value is -3.19. The van der Waals surface area contributed by atoms with E-state index in [0.29, 0.717) is 17.4 Å². The molecule has 0 saturated carbocycles. The Morgan fingerprint density at radius 1 is 1.28 bits per heavy atom. The number of allylic oxidation sites excluding steroid dienone is 1. The lowest BCUT2D eigenvalue weighted by Gasteiger charge is -2.07. The van der Waals surface area contributed by atoms with Crippen molar-refractivity contribution < 1.29 is 9.84 Å². The van der Waals surface area contributed by atoms with Gasteiger partial charge < -0.3 is 9.84 Å². The number of nitrogens with zero attached hydrogens (tertiary/aromatic N) is 2. The van der Waals surface area contributed by atoms with Gasteiger partial charge in [-0.05, 0) is 11.6 Å². The van der Waals surface area contributed by atoms with E-state index in [4.69, 9.17) is 4.74 Å². The Balaban J connectivity index is 1.60. The zero-order valence-electron chi connectivity index (χ0n) is 13.0. The molecule has 2 aromatic heterocycles. The molecule has 0 fully saturated rings. The van der Waals surface area contributed by atoms with E-state index in [9.17, 15) is 9.90 Å². The quantitative estimate of drug-likeness (QED) is 0.754. The number of nitrogens with one attached hydrogen (secondary N) is 1. The molecule has 0 amide bonds. The van der Waals surface area contributed by atoms with Crippen LogP contribution in [0.25, 0.3) is 11.6 Å². The zero-order valence-corrected chi connectivity index (χ0v) is 13.8. The number of benzene rings is 1. The molecule has 25 heavy (non-hydrogen) atoms.